The summed E-state index contributed by atoms with van der Waals surface area (Å²) in [5.74, 6) is 1.28. The van der Waals surface area contributed by atoms with Crippen LogP contribution < -0.4 is 10.6 Å². The lowest BCUT2D eigenvalue weighted by Gasteiger charge is -2.31. The third kappa shape index (κ3) is 6.46. The quantitative estimate of drug-likeness (QED) is 0.705. The summed E-state index contributed by atoms with van der Waals surface area (Å²) in [7, 11) is 0. The highest BCUT2D eigenvalue weighted by Gasteiger charge is 2.22. The lowest BCUT2D eigenvalue weighted by Crippen LogP contribution is -2.44. The fourth-order valence-corrected chi connectivity index (χ4v) is 3.79. The average molecular weight is 398 g/mol. The zero-order chi connectivity index (χ0) is 20.6. The van der Waals surface area contributed by atoms with Gasteiger partial charge in [0.25, 0.3) is 0 Å². The Morgan fingerprint density at radius 2 is 1.76 bits per heavy atom. The minimum Gasteiger partial charge on any atom is -0.466 e. The molecule has 1 fully saturated rings. The molecule has 0 saturated carbocycles. The van der Waals surface area contributed by atoms with Crippen LogP contribution in [0.2, 0.25) is 0 Å². The minimum atomic E-state index is -0.552. The van der Waals surface area contributed by atoms with Crippen molar-refractivity contribution < 1.29 is 14.0 Å². The number of hydrogen-bond donors (Lipinski definition) is 2. The third-order valence-corrected chi connectivity index (χ3v) is 5.54. The number of likely N-dealkylation sites (tertiary alicyclic amines) is 1. The molecule has 1 aliphatic heterocycles. The van der Waals surface area contributed by atoms with E-state index in [-0.39, 0.29) is 0 Å². The number of aryl methyl sites for hydroxylation is 2. The minimum absolute atomic E-state index is 0.416. The van der Waals surface area contributed by atoms with E-state index >= 15 is 0 Å². The summed E-state index contributed by atoms with van der Waals surface area (Å²) in [5.41, 5.74) is 2.39. The normalized spacial score (nSPS) is 15.2. The maximum atomic E-state index is 12.0. The Morgan fingerprint density at radius 3 is 2.41 bits per heavy atom. The van der Waals surface area contributed by atoms with E-state index in [0.717, 1.165) is 49.6 Å². The summed E-state index contributed by atoms with van der Waals surface area (Å²) in [5, 5.41) is 5.49. The predicted molar refractivity (Wildman–Crippen MR) is 112 cm³/mol. The fourth-order valence-electron chi connectivity index (χ4n) is 3.79. The fraction of sp³-hybridized carbons (Fsp3) is 0.478. The summed E-state index contributed by atoms with van der Waals surface area (Å²) in [6.45, 7) is 7.90. The van der Waals surface area contributed by atoms with Crippen molar-refractivity contribution in [3.63, 3.8) is 0 Å². The topological polar surface area (TPSA) is 74.6 Å². The van der Waals surface area contributed by atoms with E-state index in [4.69, 9.17) is 4.42 Å². The van der Waals surface area contributed by atoms with Gasteiger partial charge in [0.1, 0.15) is 11.5 Å². The van der Waals surface area contributed by atoms with E-state index in [1.54, 1.807) is 0 Å². The molecule has 6 heteroatoms. The second kappa shape index (κ2) is 10.3. The maximum absolute atomic E-state index is 12.0. The van der Waals surface area contributed by atoms with Crippen LogP contribution in [0.1, 0.15) is 35.5 Å². The van der Waals surface area contributed by atoms with Crippen LogP contribution in [0.4, 0.5) is 0 Å². The van der Waals surface area contributed by atoms with Crippen molar-refractivity contribution in [1.29, 1.82) is 0 Å². The van der Waals surface area contributed by atoms with Crippen LogP contribution in [0.25, 0.3) is 0 Å². The van der Waals surface area contributed by atoms with Crippen LogP contribution in [0.5, 0.6) is 0 Å². The number of rotatable bonds is 7. The molecule has 0 aliphatic carbocycles. The molecule has 29 heavy (non-hydrogen) atoms. The summed E-state index contributed by atoms with van der Waals surface area (Å²) in [4.78, 5) is 26.4. The Hall–Kier alpha value is -2.60. The van der Waals surface area contributed by atoms with Crippen molar-refractivity contribution in [1.82, 2.24) is 15.5 Å². The third-order valence-electron chi connectivity index (χ3n) is 5.54. The van der Waals surface area contributed by atoms with Gasteiger partial charge in [-0.05, 0) is 63.7 Å². The van der Waals surface area contributed by atoms with Gasteiger partial charge in [-0.15, -0.1) is 0 Å². The Kier molecular flexibility index (Phi) is 7.47. The van der Waals surface area contributed by atoms with E-state index in [0.29, 0.717) is 25.4 Å². The zero-order valence-corrected chi connectivity index (χ0v) is 17.4. The van der Waals surface area contributed by atoms with Crippen molar-refractivity contribution >= 4 is 11.8 Å². The molecule has 2 N–H and O–H groups in total. The van der Waals surface area contributed by atoms with Crippen LogP contribution in [-0.2, 0) is 22.6 Å². The second-order valence-electron chi connectivity index (χ2n) is 7.86. The Balaban J connectivity index is 1.31. The summed E-state index contributed by atoms with van der Waals surface area (Å²) >= 11 is 0. The lowest BCUT2D eigenvalue weighted by atomic mass is 9.96. The molecule has 2 aromatic rings. The molecular weight excluding hydrogens is 366 g/mol. The number of amides is 2. The zero-order valence-electron chi connectivity index (χ0n) is 17.4. The second-order valence-corrected chi connectivity index (χ2v) is 7.86. The molecule has 1 aliphatic rings. The molecule has 2 amide bonds. The van der Waals surface area contributed by atoms with Gasteiger partial charge < -0.3 is 15.1 Å². The SMILES string of the molecule is Cc1cc(CN2CCC(CNC(=O)C(=O)NCCc3ccccc3)CC2)c(C)o1. The van der Waals surface area contributed by atoms with Gasteiger partial charge in [0, 0.05) is 25.2 Å². The number of nitrogens with one attached hydrogen (secondary N) is 2. The number of nitrogens with zero attached hydrogens (tertiary/aromatic N) is 1. The first-order valence-electron chi connectivity index (χ1n) is 10.4. The average Bonchev–Trinajstić information content (AvgIpc) is 3.04. The largest absolute Gasteiger partial charge is 0.466 e. The van der Waals surface area contributed by atoms with Gasteiger partial charge in [-0.25, -0.2) is 0 Å². The highest BCUT2D eigenvalue weighted by atomic mass is 16.3. The number of hydrogen-bond acceptors (Lipinski definition) is 4. The van der Waals surface area contributed by atoms with Crippen LogP contribution in [0.3, 0.4) is 0 Å². The van der Waals surface area contributed by atoms with Crippen LogP contribution in [-0.4, -0.2) is 42.9 Å². The maximum Gasteiger partial charge on any atom is 0.309 e. The Labute approximate surface area is 172 Å². The van der Waals surface area contributed by atoms with Crippen LogP contribution in [0.15, 0.2) is 40.8 Å². The number of carbonyl (C=O) groups is 2. The molecule has 0 atom stereocenters. The Bertz CT molecular complexity index is 808. The summed E-state index contributed by atoms with van der Waals surface area (Å²) in [6.07, 6.45) is 2.76. The number of carbonyl (C=O) groups excluding carboxylic acids is 2. The Morgan fingerprint density at radius 1 is 1.07 bits per heavy atom. The molecule has 6 nitrogen and oxygen atoms in total. The van der Waals surface area contributed by atoms with Gasteiger partial charge in [0.05, 0.1) is 0 Å². The number of furan rings is 1. The molecule has 156 valence electrons. The van der Waals surface area contributed by atoms with Crippen molar-refractivity contribution in [3.8, 4) is 0 Å². The highest BCUT2D eigenvalue weighted by molar-refractivity contribution is 6.35. The summed E-state index contributed by atoms with van der Waals surface area (Å²) < 4.78 is 5.61. The van der Waals surface area contributed by atoms with Gasteiger partial charge in [-0.2, -0.15) is 0 Å². The van der Waals surface area contributed by atoms with Crippen LogP contribution in [0, 0.1) is 19.8 Å². The molecular formula is C23H31N3O3. The van der Waals surface area contributed by atoms with Gasteiger partial charge >= 0.3 is 11.8 Å². The smallest absolute Gasteiger partial charge is 0.309 e. The molecule has 0 bridgehead atoms. The van der Waals surface area contributed by atoms with E-state index in [2.05, 4.69) is 21.6 Å². The molecule has 0 radical (unpaired) electrons. The van der Waals surface area contributed by atoms with Crippen LogP contribution >= 0.6 is 0 Å². The summed E-state index contributed by atoms with van der Waals surface area (Å²) in [6, 6.07) is 12.0. The van der Waals surface area contributed by atoms with Crippen molar-refractivity contribution in [2.45, 2.75) is 39.7 Å². The van der Waals surface area contributed by atoms with Crippen molar-refractivity contribution in [3.05, 3.63) is 59.0 Å². The van der Waals surface area contributed by atoms with E-state index in [1.807, 2.05) is 44.2 Å². The number of piperidine rings is 1. The molecule has 0 spiro atoms. The standard InChI is InChI=1S/C23H31N3O3/c1-17-14-21(18(2)29-17)16-26-12-9-20(10-13-26)15-25-23(28)22(27)24-11-8-19-6-4-3-5-7-19/h3-7,14,20H,8-13,15-16H2,1-2H3,(H,24,27)(H,25,28). The van der Waals surface area contributed by atoms with Gasteiger partial charge in [-0.3, -0.25) is 14.5 Å². The monoisotopic (exact) mass is 397 g/mol. The van der Waals surface area contributed by atoms with E-state index < -0.39 is 11.8 Å². The molecule has 2 heterocycles. The van der Waals surface area contributed by atoms with Gasteiger partial charge in [0.15, 0.2) is 0 Å². The van der Waals surface area contributed by atoms with E-state index in [1.165, 1.54) is 5.56 Å². The molecule has 1 aromatic heterocycles. The molecule has 0 unspecified atom stereocenters. The predicted octanol–water partition coefficient (Wildman–Crippen LogP) is 2.58. The first-order chi connectivity index (χ1) is 14.0. The van der Waals surface area contributed by atoms with E-state index in [9.17, 15) is 9.59 Å². The molecule has 1 aromatic carbocycles. The van der Waals surface area contributed by atoms with Gasteiger partial charge in [-0.1, -0.05) is 30.3 Å². The van der Waals surface area contributed by atoms with Crippen molar-refractivity contribution in [2.75, 3.05) is 26.2 Å². The lowest BCUT2D eigenvalue weighted by molar-refractivity contribution is -0.139. The first-order valence-corrected chi connectivity index (χ1v) is 10.4. The first kappa shape index (κ1) is 21.1. The van der Waals surface area contributed by atoms with Crippen molar-refractivity contribution in [2.24, 2.45) is 5.92 Å². The highest BCUT2D eigenvalue weighted by Crippen LogP contribution is 2.21. The molecule has 1 saturated heterocycles. The van der Waals surface area contributed by atoms with Gasteiger partial charge in [0.2, 0.25) is 0 Å². The molecule has 3 rings (SSSR count). The number of benzene rings is 1.